The van der Waals surface area contributed by atoms with Crippen LogP contribution in [-0.4, -0.2) is 40.1 Å². The minimum absolute atomic E-state index is 0.0225. The molecule has 6 heteroatoms. The van der Waals surface area contributed by atoms with E-state index < -0.39 is 16.2 Å². The van der Waals surface area contributed by atoms with Gasteiger partial charge in [-0.15, -0.1) is 0 Å². The fraction of sp³-hybridized carbons (Fsp3) is 0.600. The first-order valence-electron chi connectivity index (χ1n) is 7.11. The molecule has 0 aliphatic carbocycles. The number of benzene rings is 1. The van der Waals surface area contributed by atoms with Crippen LogP contribution < -0.4 is 0 Å². The van der Waals surface area contributed by atoms with E-state index in [2.05, 4.69) is 0 Å². The second kappa shape index (κ2) is 7.35. The third-order valence-corrected chi connectivity index (χ3v) is 4.13. The molecule has 0 spiro atoms. The van der Waals surface area contributed by atoms with Crippen LogP contribution >= 0.6 is 0 Å². The van der Waals surface area contributed by atoms with E-state index in [9.17, 15) is 8.42 Å². The fourth-order valence-corrected chi connectivity index (χ4v) is 3.13. The first kappa shape index (κ1) is 16.4. The standard InChI is InChI=1S/C15H22O5S/c1-3-13-10-18-11-14(15(13)20-21(2,16)17)19-9-12-7-5-4-6-8-12/h4-8,13-15H,3,9-11H2,1-2H3. The molecule has 1 aromatic rings. The Morgan fingerprint density at radius 3 is 2.57 bits per heavy atom. The molecule has 3 unspecified atom stereocenters. The Bertz CT molecular complexity index is 528. The molecule has 0 N–H and O–H groups in total. The average molecular weight is 314 g/mol. The lowest BCUT2D eigenvalue weighted by atomic mass is 9.94. The Morgan fingerprint density at radius 1 is 1.24 bits per heavy atom. The molecule has 2 rings (SSSR count). The molecule has 0 saturated carbocycles. The molecule has 0 radical (unpaired) electrons. The summed E-state index contributed by atoms with van der Waals surface area (Å²) in [4.78, 5) is 0. The summed E-state index contributed by atoms with van der Waals surface area (Å²) in [6.45, 7) is 3.26. The van der Waals surface area contributed by atoms with Crippen molar-refractivity contribution >= 4 is 10.1 Å². The summed E-state index contributed by atoms with van der Waals surface area (Å²) in [5, 5.41) is 0. The maximum absolute atomic E-state index is 11.5. The SMILES string of the molecule is CCC1COCC(OCc2ccccc2)C1OS(C)(=O)=O. The number of hydrogen-bond donors (Lipinski definition) is 0. The number of hydrogen-bond acceptors (Lipinski definition) is 5. The molecule has 5 nitrogen and oxygen atoms in total. The minimum atomic E-state index is -3.52. The predicted octanol–water partition coefficient (Wildman–Crippen LogP) is 1.97. The number of rotatable bonds is 6. The van der Waals surface area contributed by atoms with E-state index in [-0.39, 0.29) is 12.0 Å². The molecule has 1 aliphatic heterocycles. The van der Waals surface area contributed by atoms with Gasteiger partial charge in [0.2, 0.25) is 0 Å². The van der Waals surface area contributed by atoms with Gasteiger partial charge in [-0.3, -0.25) is 4.18 Å². The van der Waals surface area contributed by atoms with Gasteiger partial charge in [0.15, 0.2) is 0 Å². The van der Waals surface area contributed by atoms with Gasteiger partial charge in [0.1, 0.15) is 12.2 Å². The summed E-state index contributed by atoms with van der Waals surface area (Å²) in [7, 11) is -3.52. The highest BCUT2D eigenvalue weighted by Crippen LogP contribution is 2.25. The molecule has 21 heavy (non-hydrogen) atoms. The lowest BCUT2D eigenvalue weighted by molar-refractivity contribution is -0.140. The van der Waals surface area contributed by atoms with Crippen LogP contribution in [-0.2, 0) is 30.4 Å². The molecule has 0 bridgehead atoms. The molecule has 0 amide bonds. The molecule has 118 valence electrons. The molecule has 1 aromatic carbocycles. The quantitative estimate of drug-likeness (QED) is 0.751. The van der Waals surface area contributed by atoms with Gasteiger partial charge in [0.25, 0.3) is 10.1 Å². The van der Waals surface area contributed by atoms with Crippen molar-refractivity contribution in [3.8, 4) is 0 Å². The van der Waals surface area contributed by atoms with Crippen molar-refractivity contribution in [3.05, 3.63) is 35.9 Å². The summed E-state index contributed by atoms with van der Waals surface area (Å²) >= 11 is 0. The average Bonchev–Trinajstić information content (AvgIpc) is 2.45. The van der Waals surface area contributed by atoms with Gasteiger partial charge >= 0.3 is 0 Å². The Morgan fingerprint density at radius 2 is 1.95 bits per heavy atom. The Labute approximate surface area is 126 Å². The van der Waals surface area contributed by atoms with Crippen LogP contribution in [0.2, 0.25) is 0 Å². The molecule has 1 saturated heterocycles. The lowest BCUT2D eigenvalue weighted by Gasteiger charge is -2.36. The monoisotopic (exact) mass is 314 g/mol. The van der Waals surface area contributed by atoms with E-state index in [0.717, 1.165) is 18.2 Å². The maximum atomic E-state index is 11.5. The van der Waals surface area contributed by atoms with E-state index in [1.165, 1.54) is 0 Å². The largest absolute Gasteiger partial charge is 0.378 e. The number of ether oxygens (including phenoxy) is 2. The minimum Gasteiger partial charge on any atom is -0.378 e. The molecule has 1 heterocycles. The summed E-state index contributed by atoms with van der Waals surface area (Å²) in [5.41, 5.74) is 1.04. The third-order valence-electron chi connectivity index (χ3n) is 3.56. The molecular formula is C15H22O5S. The van der Waals surface area contributed by atoms with Gasteiger partial charge in [-0.1, -0.05) is 37.3 Å². The van der Waals surface area contributed by atoms with Crippen molar-refractivity contribution in [2.24, 2.45) is 5.92 Å². The Kier molecular flexibility index (Phi) is 5.75. The molecular weight excluding hydrogens is 292 g/mol. The van der Waals surface area contributed by atoms with Crippen molar-refractivity contribution in [2.75, 3.05) is 19.5 Å². The second-order valence-electron chi connectivity index (χ2n) is 5.31. The summed E-state index contributed by atoms with van der Waals surface area (Å²) < 4.78 is 39.5. The Hall–Kier alpha value is -0.950. The summed E-state index contributed by atoms with van der Waals surface area (Å²) in [6.07, 6.45) is 0.996. The van der Waals surface area contributed by atoms with Gasteiger partial charge in [0, 0.05) is 5.92 Å². The first-order valence-corrected chi connectivity index (χ1v) is 8.92. The van der Waals surface area contributed by atoms with Crippen LogP contribution in [0, 0.1) is 5.92 Å². The highest BCUT2D eigenvalue weighted by Gasteiger charge is 2.37. The van der Waals surface area contributed by atoms with E-state index in [1.807, 2.05) is 37.3 Å². The van der Waals surface area contributed by atoms with Crippen LogP contribution in [0.25, 0.3) is 0 Å². The highest BCUT2D eigenvalue weighted by molar-refractivity contribution is 7.86. The van der Waals surface area contributed by atoms with E-state index in [4.69, 9.17) is 13.7 Å². The topological polar surface area (TPSA) is 61.8 Å². The molecule has 3 atom stereocenters. The zero-order valence-electron chi connectivity index (χ0n) is 12.4. The maximum Gasteiger partial charge on any atom is 0.264 e. The van der Waals surface area contributed by atoms with Crippen molar-refractivity contribution in [1.82, 2.24) is 0 Å². The van der Waals surface area contributed by atoms with Gasteiger partial charge in [-0.25, -0.2) is 0 Å². The van der Waals surface area contributed by atoms with Crippen LogP contribution in [0.15, 0.2) is 30.3 Å². The molecule has 1 fully saturated rings. The van der Waals surface area contributed by atoms with Gasteiger partial charge in [-0.05, 0) is 12.0 Å². The van der Waals surface area contributed by atoms with Crippen LogP contribution in [0.3, 0.4) is 0 Å². The molecule has 0 aromatic heterocycles. The van der Waals surface area contributed by atoms with Crippen molar-refractivity contribution in [3.63, 3.8) is 0 Å². The molecule has 1 aliphatic rings. The second-order valence-corrected chi connectivity index (χ2v) is 6.91. The van der Waals surface area contributed by atoms with Crippen molar-refractivity contribution in [1.29, 1.82) is 0 Å². The van der Waals surface area contributed by atoms with E-state index in [0.29, 0.717) is 19.8 Å². The van der Waals surface area contributed by atoms with Gasteiger partial charge in [0.05, 0.1) is 26.1 Å². The zero-order valence-corrected chi connectivity index (χ0v) is 13.2. The smallest absolute Gasteiger partial charge is 0.264 e. The van der Waals surface area contributed by atoms with Gasteiger partial charge < -0.3 is 9.47 Å². The highest BCUT2D eigenvalue weighted by atomic mass is 32.2. The van der Waals surface area contributed by atoms with E-state index >= 15 is 0 Å². The lowest BCUT2D eigenvalue weighted by Crippen LogP contribution is -2.47. The normalized spacial score (nSPS) is 26.7. The summed E-state index contributed by atoms with van der Waals surface area (Å²) in [5.74, 6) is 0.0225. The van der Waals surface area contributed by atoms with Crippen LogP contribution in [0.5, 0.6) is 0 Å². The van der Waals surface area contributed by atoms with E-state index in [1.54, 1.807) is 0 Å². The van der Waals surface area contributed by atoms with Gasteiger partial charge in [-0.2, -0.15) is 8.42 Å². The van der Waals surface area contributed by atoms with Crippen molar-refractivity contribution < 1.29 is 22.1 Å². The first-order chi connectivity index (χ1) is 9.99. The van der Waals surface area contributed by atoms with Crippen LogP contribution in [0.1, 0.15) is 18.9 Å². The summed E-state index contributed by atoms with van der Waals surface area (Å²) in [6, 6.07) is 9.75. The third kappa shape index (κ3) is 5.07. The fourth-order valence-electron chi connectivity index (χ4n) is 2.44. The Balaban J connectivity index is 2.03. The predicted molar refractivity (Wildman–Crippen MR) is 79.3 cm³/mol. The van der Waals surface area contributed by atoms with Crippen molar-refractivity contribution in [2.45, 2.75) is 32.2 Å². The van der Waals surface area contributed by atoms with Crippen LogP contribution in [0.4, 0.5) is 0 Å². The zero-order chi connectivity index (χ0) is 15.3.